The summed E-state index contributed by atoms with van der Waals surface area (Å²) in [6.45, 7) is 2.85. The van der Waals surface area contributed by atoms with Crippen LogP contribution in [0.25, 0.3) is 0 Å². The van der Waals surface area contributed by atoms with E-state index in [2.05, 4.69) is 4.90 Å². The van der Waals surface area contributed by atoms with Crippen molar-refractivity contribution in [3.05, 3.63) is 65.2 Å². The number of rotatable bonds is 4. The summed E-state index contributed by atoms with van der Waals surface area (Å²) in [4.78, 5) is 14.1. The zero-order chi connectivity index (χ0) is 14.5. The Bertz CT molecular complexity index is 571. The molecule has 0 unspecified atom stereocenters. The van der Waals surface area contributed by atoms with Crippen LogP contribution in [0, 0.1) is 6.92 Å². The molecule has 0 spiro atoms. The lowest BCUT2D eigenvalue weighted by molar-refractivity contribution is 0.0734. The van der Waals surface area contributed by atoms with E-state index in [1.54, 1.807) is 24.3 Å². The second kappa shape index (κ2) is 6.35. The molecule has 2 aromatic rings. The van der Waals surface area contributed by atoms with Gasteiger partial charge in [0.1, 0.15) is 5.75 Å². The molecule has 104 valence electrons. The Balaban J connectivity index is 2.03. The third-order valence-electron chi connectivity index (χ3n) is 2.92. The number of carbonyl (C=O) groups is 1. The average Bonchev–Trinajstić information content (AvgIpc) is 2.41. The zero-order valence-corrected chi connectivity index (χ0v) is 12.1. The van der Waals surface area contributed by atoms with E-state index < -0.39 is 0 Å². The Kier molecular flexibility index (Phi) is 4.53. The van der Waals surface area contributed by atoms with Crippen LogP contribution in [0.2, 0.25) is 0 Å². The van der Waals surface area contributed by atoms with E-state index in [-0.39, 0.29) is 5.97 Å². The number of esters is 1. The third kappa shape index (κ3) is 3.93. The van der Waals surface area contributed by atoms with Crippen molar-refractivity contribution in [2.45, 2.75) is 13.5 Å². The minimum Gasteiger partial charge on any atom is -0.423 e. The van der Waals surface area contributed by atoms with Crippen LogP contribution in [0.4, 0.5) is 0 Å². The first kappa shape index (κ1) is 14.3. The fourth-order valence-corrected chi connectivity index (χ4v) is 1.88. The first-order valence-corrected chi connectivity index (χ1v) is 6.57. The van der Waals surface area contributed by atoms with Gasteiger partial charge in [0, 0.05) is 6.54 Å². The largest absolute Gasteiger partial charge is 0.423 e. The summed E-state index contributed by atoms with van der Waals surface area (Å²) in [6, 6.07) is 14.9. The van der Waals surface area contributed by atoms with Gasteiger partial charge in [0.15, 0.2) is 0 Å². The van der Waals surface area contributed by atoms with Crippen LogP contribution < -0.4 is 4.74 Å². The van der Waals surface area contributed by atoms with E-state index in [4.69, 9.17) is 4.74 Å². The molecule has 3 heteroatoms. The number of hydrogen-bond donors (Lipinski definition) is 0. The van der Waals surface area contributed by atoms with Crippen molar-refractivity contribution in [1.82, 2.24) is 4.90 Å². The molecule has 0 N–H and O–H groups in total. The van der Waals surface area contributed by atoms with Crippen molar-refractivity contribution in [3.8, 4) is 5.75 Å². The van der Waals surface area contributed by atoms with Gasteiger partial charge in [0.25, 0.3) is 0 Å². The minimum absolute atomic E-state index is 0.328. The third-order valence-corrected chi connectivity index (χ3v) is 2.92. The number of carbonyl (C=O) groups excluding carboxylic acids is 1. The Morgan fingerprint density at radius 3 is 2.15 bits per heavy atom. The van der Waals surface area contributed by atoms with Crippen LogP contribution in [-0.4, -0.2) is 25.0 Å². The highest BCUT2D eigenvalue weighted by molar-refractivity contribution is 5.91. The van der Waals surface area contributed by atoms with Crippen molar-refractivity contribution in [2.75, 3.05) is 14.1 Å². The Labute approximate surface area is 119 Å². The molecule has 0 heterocycles. The fourth-order valence-electron chi connectivity index (χ4n) is 1.88. The maximum atomic E-state index is 12.0. The molecule has 2 rings (SSSR count). The smallest absolute Gasteiger partial charge is 0.343 e. The number of ether oxygens (including phenoxy) is 1. The van der Waals surface area contributed by atoms with Crippen LogP contribution in [0.15, 0.2) is 48.5 Å². The van der Waals surface area contributed by atoms with Crippen molar-refractivity contribution in [2.24, 2.45) is 0 Å². The van der Waals surface area contributed by atoms with Gasteiger partial charge in [0.05, 0.1) is 5.56 Å². The van der Waals surface area contributed by atoms with E-state index in [1.807, 2.05) is 45.3 Å². The lowest BCUT2D eigenvalue weighted by Crippen LogP contribution is -2.11. The lowest BCUT2D eigenvalue weighted by Gasteiger charge is -2.10. The molecule has 0 atom stereocenters. The van der Waals surface area contributed by atoms with Crippen LogP contribution >= 0.6 is 0 Å². The summed E-state index contributed by atoms with van der Waals surface area (Å²) < 4.78 is 5.33. The predicted octanol–water partition coefficient (Wildman–Crippen LogP) is 3.28. The van der Waals surface area contributed by atoms with Crippen LogP contribution in [-0.2, 0) is 6.54 Å². The molecule has 0 bridgehead atoms. The quantitative estimate of drug-likeness (QED) is 0.630. The summed E-state index contributed by atoms with van der Waals surface area (Å²) in [7, 11) is 4.03. The highest BCUT2D eigenvalue weighted by atomic mass is 16.5. The highest BCUT2D eigenvalue weighted by Gasteiger charge is 2.08. The highest BCUT2D eigenvalue weighted by Crippen LogP contribution is 2.14. The van der Waals surface area contributed by atoms with Crippen LogP contribution in [0.5, 0.6) is 5.75 Å². The number of aryl methyl sites for hydroxylation is 1. The van der Waals surface area contributed by atoms with Gasteiger partial charge in [0.2, 0.25) is 0 Å². The monoisotopic (exact) mass is 269 g/mol. The predicted molar refractivity (Wildman–Crippen MR) is 80.0 cm³/mol. The molecule has 0 radical (unpaired) electrons. The van der Waals surface area contributed by atoms with E-state index in [1.165, 1.54) is 5.56 Å². The Morgan fingerprint density at radius 2 is 1.60 bits per heavy atom. The van der Waals surface area contributed by atoms with Gasteiger partial charge in [-0.1, -0.05) is 29.8 Å². The molecule has 0 amide bonds. The Morgan fingerprint density at radius 1 is 1.00 bits per heavy atom. The molecule has 0 aliphatic rings. The average molecular weight is 269 g/mol. The number of hydrogen-bond acceptors (Lipinski definition) is 3. The number of benzene rings is 2. The molecule has 0 aromatic heterocycles. The topological polar surface area (TPSA) is 29.5 Å². The molecule has 2 aromatic carbocycles. The maximum Gasteiger partial charge on any atom is 0.343 e. The normalized spacial score (nSPS) is 10.6. The maximum absolute atomic E-state index is 12.0. The molecular formula is C17H19NO2. The van der Waals surface area contributed by atoms with Crippen LogP contribution in [0.1, 0.15) is 21.5 Å². The Hall–Kier alpha value is -2.13. The zero-order valence-electron chi connectivity index (χ0n) is 12.1. The summed E-state index contributed by atoms with van der Waals surface area (Å²) >= 11 is 0. The molecule has 0 saturated heterocycles. The molecule has 20 heavy (non-hydrogen) atoms. The summed E-state index contributed by atoms with van der Waals surface area (Å²) in [5, 5.41) is 0. The lowest BCUT2D eigenvalue weighted by atomic mass is 10.1. The summed E-state index contributed by atoms with van der Waals surface area (Å²) in [5.41, 5.74) is 2.87. The van der Waals surface area contributed by atoms with Gasteiger partial charge in [-0.3, -0.25) is 0 Å². The number of nitrogens with zero attached hydrogens (tertiary/aromatic N) is 1. The van der Waals surface area contributed by atoms with Crippen molar-refractivity contribution < 1.29 is 9.53 Å². The van der Waals surface area contributed by atoms with Gasteiger partial charge in [-0.05, 0) is 50.8 Å². The van der Waals surface area contributed by atoms with Crippen molar-refractivity contribution in [3.63, 3.8) is 0 Å². The van der Waals surface area contributed by atoms with E-state index in [9.17, 15) is 4.79 Å². The SMILES string of the molecule is Cc1ccc(OC(=O)c2ccc(CN(C)C)cc2)cc1. The van der Waals surface area contributed by atoms with Crippen LogP contribution in [0.3, 0.4) is 0 Å². The van der Waals surface area contributed by atoms with E-state index in [0.29, 0.717) is 11.3 Å². The molecular weight excluding hydrogens is 250 g/mol. The van der Waals surface area contributed by atoms with Crippen molar-refractivity contribution >= 4 is 5.97 Å². The van der Waals surface area contributed by atoms with Crippen molar-refractivity contribution in [1.29, 1.82) is 0 Å². The van der Waals surface area contributed by atoms with Gasteiger partial charge in [-0.2, -0.15) is 0 Å². The van der Waals surface area contributed by atoms with E-state index >= 15 is 0 Å². The minimum atomic E-state index is -0.328. The molecule has 0 fully saturated rings. The summed E-state index contributed by atoms with van der Waals surface area (Å²) in [6.07, 6.45) is 0. The molecule has 0 saturated carbocycles. The summed E-state index contributed by atoms with van der Waals surface area (Å²) in [5.74, 6) is 0.239. The van der Waals surface area contributed by atoms with Gasteiger partial charge in [-0.15, -0.1) is 0 Å². The van der Waals surface area contributed by atoms with E-state index in [0.717, 1.165) is 12.1 Å². The van der Waals surface area contributed by atoms with Gasteiger partial charge >= 0.3 is 5.97 Å². The molecule has 0 aliphatic heterocycles. The first-order valence-electron chi connectivity index (χ1n) is 6.57. The molecule has 0 aliphatic carbocycles. The second-order valence-electron chi connectivity index (χ2n) is 5.14. The van der Waals surface area contributed by atoms with Gasteiger partial charge in [-0.25, -0.2) is 4.79 Å². The first-order chi connectivity index (χ1) is 9.54. The standard InChI is InChI=1S/C17H19NO2/c1-13-4-10-16(11-5-13)20-17(19)15-8-6-14(7-9-15)12-18(2)3/h4-11H,12H2,1-3H3. The fraction of sp³-hybridized carbons (Fsp3) is 0.235. The second-order valence-corrected chi connectivity index (χ2v) is 5.14. The molecule has 3 nitrogen and oxygen atoms in total. The van der Waals surface area contributed by atoms with Gasteiger partial charge < -0.3 is 9.64 Å².